The highest BCUT2D eigenvalue weighted by Gasteiger charge is 2.17. The van der Waals surface area contributed by atoms with Crippen molar-refractivity contribution in [3.05, 3.63) is 103 Å². The molecule has 2 aromatic heterocycles. The number of benzene rings is 2. The molecule has 148 valence electrons. The minimum Gasteiger partial charge on any atom is -0.292 e. The Labute approximate surface area is 175 Å². The molecule has 2 aromatic carbocycles. The van der Waals surface area contributed by atoms with Gasteiger partial charge in [0.2, 0.25) is 0 Å². The predicted octanol–water partition coefficient (Wildman–Crippen LogP) is 3.34. The first kappa shape index (κ1) is 19.6. The number of nitriles is 1. The Bertz CT molecular complexity index is 1420. The van der Waals surface area contributed by atoms with Gasteiger partial charge in [-0.1, -0.05) is 42.0 Å². The molecule has 0 atom stereocenters. The molecule has 0 bridgehead atoms. The predicted molar refractivity (Wildman–Crippen MR) is 116 cm³/mol. The van der Waals surface area contributed by atoms with Crippen molar-refractivity contribution in [2.45, 2.75) is 20.0 Å². The van der Waals surface area contributed by atoms with Gasteiger partial charge in [0.1, 0.15) is 4.70 Å². The van der Waals surface area contributed by atoms with Crippen LogP contribution in [-0.2, 0) is 13.1 Å². The van der Waals surface area contributed by atoms with E-state index in [0.717, 1.165) is 11.1 Å². The van der Waals surface area contributed by atoms with Crippen molar-refractivity contribution in [1.82, 2.24) is 9.13 Å². The molecule has 0 saturated heterocycles. The van der Waals surface area contributed by atoms with Gasteiger partial charge in [-0.05, 0) is 36.1 Å². The maximum absolute atomic E-state index is 13.2. The maximum atomic E-state index is 13.2. The molecule has 0 aliphatic heterocycles. The summed E-state index contributed by atoms with van der Waals surface area (Å²) in [5, 5.41) is 10.8. The lowest BCUT2D eigenvalue weighted by Crippen LogP contribution is -2.40. The molecule has 2 heterocycles. The molecule has 0 aliphatic rings. The number of carbonyl (C=O) groups is 1. The normalized spacial score (nSPS) is 10.8. The molecule has 0 fully saturated rings. The average Bonchev–Trinajstić information content (AvgIpc) is 3.25. The van der Waals surface area contributed by atoms with Crippen LogP contribution < -0.4 is 11.2 Å². The highest BCUT2D eigenvalue weighted by Crippen LogP contribution is 2.16. The molecular weight excluding hydrogens is 398 g/mol. The van der Waals surface area contributed by atoms with Gasteiger partial charge in [-0.3, -0.25) is 18.7 Å². The van der Waals surface area contributed by atoms with E-state index in [4.69, 9.17) is 5.26 Å². The van der Waals surface area contributed by atoms with E-state index in [1.165, 1.54) is 26.5 Å². The van der Waals surface area contributed by atoms with Crippen LogP contribution in [-0.4, -0.2) is 14.9 Å². The molecule has 30 heavy (non-hydrogen) atoms. The number of aromatic nitrogens is 2. The number of Topliss-reactive ketones (excluding diaryl/α,β-unsaturated/α-hetero) is 1. The zero-order valence-corrected chi connectivity index (χ0v) is 17.0. The lowest BCUT2D eigenvalue weighted by Gasteiger charge is -2.12. The minimum atomic E-state index is -0.531. The number of thiophene rings is 1. The van der Waals surface area contributed by atoms with Crippen molar-refractivity contribution in [2.75, 3.05) is 0 Å². The fourth-order valence-electron chi connectivity index (χ4n) is 3.30. The molecule has 6 nitrogen and oxygen atoms in total. The van der Waals surface area contributed by atoms with Gasteiger partial charge in [-0.2, -0.15) is 5.26 Å². The maximum Gasteiger partial charge on any atom is 0.332 e. The van der Waals surface area contributed by atoms with Gasteiger partial charge >= 0.3 is 5.69 Å². The van der Waals surface area contributed by atoms with Crippen LogP contribution in [0, 0.1) is 18.3 Å². The second-order valence-electron chi connectivity index (χ2n) is 7.00. The first-order valence-corrected chi connectivity index (χ1v) is 10.2. The molecule has 0 unspecified atom stereocenters. The fourth-order valence-corrected chi connectivity index (χ4v) is 4.14. The third-order valence-electron chi connectivity index (χ3n) is 4.91. The Hall–Kier alpha value is -3.76. The smallest absolute Gasteiger partial charge is 0.292 e. The van der Waals surface area contributed by atoms with Gasteiger partial charge in [-0.15, -0.1) is 11.3 Å². The van der Waals surface area contributed by atoms with E-state index in [0.29, 0.717) is 21.3 Å². The topological polar surface area (TPSA) is 84.9 Å². The molecule has 0 N–H and O–H groups in total. The first-order chi connectivity index (χ1) is 14.5. The van der Waals surface area contributed by atoms with E-state index in [1.807, 2.05) is 37.3 Å². The summed E-state index contributed by atoms with van der Waals surface area (Å²) in [6, 6.07) is 17.6. The summed E-state index contributed by atoms with van der Waals surface area (Å²) in [6.07, 6.45) is 0. The van der Waals surface area contributed by atoms with Crippen LogP contribution >= 0.6 is 11.3 Å². The zero-order valence-electron chi connectivity index (χ0n) is 16.2. The summed E-state index contributed by atoms with van der Waals surface area (Å²) in [5.41, 5.74) is 2.19. The quantitative estimate of drug-likeness (QED) is 0.468. The van der Waals surface area contributed by atoms with E-state index in [2.05, 4.69) is 0 Å². The molecule has 4 rings (SSSR count). The van der Waals surface area contributed by atoms with Crippen LogP contribution in [0.1, 0.15) is 27.0 Å². The Morgan fingerprint density at radius 3 is 2.57 bits per heavy atom. The van der Waals surface area contributed by atoms with Gasteiger partial charge in [0, 0.05) is 5.56 Å². The number of rotatable bonds is 5. The SMILES string of the molecule is Cc1ccc(Cn2c(=O)c3sccc3n(CC(=O)c3cccc(C#N)c3)c2=O)cc1. The van der Waals surface area contributed by atoms with Crippen LogP contribution in [0.15, 0.2) is 69.6 Å². The van der Waals surface area contributed by atoms with Crippen LogP contribution in [0.5, 0.6) is 0 Å². The number of fused-ring (bicyclic) bond motifs is 1. The largest absolute Gasteiger partial charge is 0.332 e. The monoisotopic (exact) mass is 415 g/mol. The van der Waals surface area contributed by atoms with E-state index >= 15 is 0 Å². The third-order valence-corrected chi connectivity index (χ3v) is 5.80. The second kappa shape index (κ2) is 7.93. The lowest BCUT2D eigenvalue weighted by atomic mass is 10.1. The number of hydrogen-bond acceptors (Lipinski definition) is 5. The van der Waals surface area contributed by atoms with Crippen molar-refractivity contribution in [2.24, 2.45) is 0 Å². The van der Waals surface area contributed by atoms with Gasteiger partial charge < -0.3 is 0 Å². The van der Waals surface area contributed by atoms with Gasteiger partial charge in [-0.25, -0.2) is 4.79 Å². The Morgan fingerprint density at radius 1 is 1.07 bits per heavy atom. The van der Waals surface area contributed by atoms with Gasteiger partial charge in [0.05, 0.1) is 30.2 Å². The van der Waals surface area contributed by atoms with Crippen LogP contribution in [0.25, 0.3) is 10.2 Å². The summed E-state index contributed by atoms with van der Waals surface area (Å²) in [4.78, 5) is 38.9. The van der Waals surface area contributed by atoms with Crippen molar-refractivity contribution in [1.29, 1.82) is 5.26 Å². The van der Waals surface area contributed by atoms with E-state index in [9.17, 15) is 14.4 Å². The van der Waals surface area contributed by atoms with Crippen molar-refractivity contribution < 1.29 is 4.79 Å². The molecular formula is C23H17N3O3S. The van der Waals surface area contributed by atoms with Gasteiger partial charge in [0.15, 0.2) is 5.78 Å². The molecule has 0 spiro atoms. The molecule has 0 saturated carbocycles. The van der Waals surface area contributed by atoms with Crippen molar-refractivity contribution >= 4 is 27.3 Å². The Kier molecular flexibility index (Phi) is 5.17. The summed E-state index contributed by atoms with van der Waals surface area (Å²) in [6.45, 7) is 1.88. The number of ketones is 1. The van der Waals surface area contributed by atoms with Crippen LogP contribution in [0.2, 0.25) is 0 Å². The number of aryl methyl sites for hydroxylation is 1. The first-order valence-electron chi connectivity index (χ1n) is 9.27. The van der Waals surface area contributed by atoms with Crippen molar-refractivity contribution in [3.8, 4) is 6.07 Å². The molecule has 0 aliphatic carbocycles. The second-order valence-corrected chi connectivity index (χ2v) is 7.91. The summed E-state index contributed by atoms with van der Waals surface area (Å²) in [5.74, 6) is -0.303. The molecule has 4 aromatic rings. The van der Waals surface area contributed by atoms with Crippen LogP contribution in [0.4, 0.5) is 0 Å². The summed E-state index contributed by atoms with van der Waals surface area (Å²) in [7, 11) is 0. The number of nitrogens with zero attached hydrogens (tertiary/aromatic N) is 3. The molecule has 7 heteroatoms. The zero-order chi connectivity index (χ0) is 21.3. The van der Waals surface area contributed by atoms with Crippen molar-refractivity contribution in [3.63, 3.8) is 0 Å². The number of carbonyl (C=O) groups excluding carboxylic acids is 1. The third kappa shape index (κ3) is 3.61. The lowest BCUT2D eigenvalue weighted by molar-refractivity contribution is 0.0971. The van der Waals surface area contributed by atoms with Crippen LogP contribution in [0.3, 0.4) is 0 Å². The average molecular weight is 415 g/mol. The highest BCUT2D eigenvalue weighted by atomic mass is 32.1. The fraction of sp³-hybridized carbons (Fsp3) is 0.130. The van der Waals surface area contributed by atoms with E-state index < -0.39 is 5.69 Å². The molecule has 0 radical (unpaired) electrons. The standard InChI is InChI=1S/C23H17N3O3S/c1-15-5-7-16(8-6-15)13-26-22(28)21-19(9-10-30-21)25(23(26)29)14-20(27)18-4-2-3-17(11-18)12-24/h2-11H,13-14H2,1H3. The van der Waals surface area contributed by atoms with E-state index in [-0.39, 0.29) is 24.4 Å². The highest BCUT2D eigenvalue weighted by molar-refractivity contribution is 7.17. The van der Waals surface area contributed by atoms with E-state index in [1.54, 1.807) is 29.6 Å². The summed E-state index contributed by atoms with van der Waals surface area (Å²) < 4.78 is 2.94. The minimum absolute atomic E-state index is 0.129. The van der Waals surface area contributed by atoms with Gasteiger partial charge in [0.25, 0.3) is 5.56 Å². The number of hydrogen-bond donors (Lipinski definition) is 0. The molecule has 0 amide bonds. The summed E-state index contributed by atoms with van der Waals surface area (Å²) >= 11 is 1.25. The Balaban J connectivity index is 1.79. The Morgan fingerprint density at radius 2 is 1.83 bits per heavy atom.